The van der Waals surface area contributed by atoms with Crippen LogP contribution in [0.5, 0.6) is 5.75 Å². The van der Waals surface area contributed by atoms with E-state index in [4.69, 9.17) is 5.73 Å². The number of aromatic nitrogens is 2. The molecule has 3 aromatic rings. The third-order valence-electron chi connectivity index (χ3n) is 5.21. The summed E-state index contributed by atoms with van der Waals surface area (Å²) >= 11 is 0. The second-order valence-corrected chi connectivity index (χ2v) is 7.61. The van der Waals surface area contributed by atoms with Crippen molar-refractivity contribution in [1.82, 2.24) is 9.97 Å². The maximum Gasteiger partial charge on any atom is 0.387 e. The molecule has 1 saturated carbocycles. The predicted octanol–water partition coefficient (Wildman–Crippen LogP) is 4.88. The van der Waals surface area contributed by atoms with Gasteiger partial charge < -0.3 is 15.5 Å². The molecule has 1 aromatic carbocycles. The van der Waals surface area contributed by atoms with E-state index in [2.05, 4.69) is 14.7 Å². The lowest BCUT2D eigenvalue weighted by Gasteiger charge is -2.29. The molecule has 0 aliphatic heterocycles. The first-order valence-corrected chi connectivity index (χ1v) is 10.1. The Morgan fingerprint density at radius 1 is 1.24 bits per heavy atom. The Bertz CT molecular complexity index is 1250. The zero-order valence-electron chi connectivity index (χ0n) is 17.5. The molecule has 4 rings (SSSR count). The Morgan fingerprint density at radius 3 is 2.62 bits per heavy atom. The minimum atomic E-state index is -3.15. The number of ether oxygens (including phenoxy) is 1. The molecule has 182 valence electrons. The number of hydrogen-bond donors (Lipinski definition) is 2. The van der Waals surface area contributed by atoms with E-state index in [9.17, 15) is 35.9 Å². The summed E-state index contributed by atoms with van der Waals surface area (Å²) in [6.45, 7) is -3.15. The summed E-state index contributed by atoms with van der Waals surface area (Å²) in [5.41, 5.74) is 5.53. The SMILES string of the molecule is Fc1cccc(OC(F)F)c1F.NC(=O)c1nccc2[nH]c([C@H]3CCCC(F)(F)C3)cc(=O)c12. The molecule has 1 atom stereocenters. The van der Waals surface area contributed by atoms with Crippen LogP contribution in [0.25, 0.3) is 10.9 Å². The molecule has 0 saturated heterocycles. The van der Waals surface area contributed by atoms with Gasteiger partial charge in [-0.3, -0.25) is 14.6 Å². The Hall–Kier alpha value is -3.57. The molecule has 12 heteroatoms. The molecule has 0 spiro atoms. The van der Waals surface area contributed by atoms with Crippen LogP contribution >= 0.6 is 0 Å². The van der Waals surface area contributed by atoms with Crippen LogP contribution in [0.2, 0.25) is 0 Å². The van der Waals surface area contributed by atoms with Crippen molar-refractivity contribution in [1.29, 1.82) is 0 Å². The van der Waals surface area contributed by atoms with Gasteiger partial charge in [-0.05, 0) is 31.0 Å². The Labute approximate surface area is 188 Å². The van der Waals surface area contributed by atoms with Crippen LogP contribution in [-0.4, -0.2) is 28.4 Å². The smallest absolute Gasteiger partial charge is 0.387 e. The largest absolute Gasteiger partial charge is 0.432 e. The standard InChI is InChI=1S/C15H15F2N3O2.C7H4F4O/c16-15(17)4-1-2-8(7-15)10-6-11(21)12-9(20-10)3-5-19-13(12)14(18)22;8-4-2-1-3-5(6(4)9)12-7(10)11/h3,5-6,8H,1-2,4,7H2,(H2,18,22)(H,20,21);1-3,7H/t8-;/m0./s1. The third-order valence-corrected chi connectivity index (χ3v) is 5.21. The van der Waals surface area contributed by atoms with E-state index >= 15 is 0 Å². The second kappa shape index (κ2) is 10.1. The minimum absolute atomic E-state index is 0.0984. The van der Waals surface area contributed by atoms with Crippen LogP contribution < -0.4 is 15.9 Å². The van der Waals surface area contributed by atoms with Crippen LogP contribution in [0.1, 0.15) is 47.8 Å². The van der Waals surface area contributed by atoms with Gasteiger partial charge in [-0.25, -0.2) is 13.2 Å². The number of alkyl halides is 4. The van der Waals surface area contributed by atoms with Gasteiger partial charge in [0.15, 0.2) is 17.0 Å². The number of pyridine rings is 2. The summed E-state index contributed by atoms with van der Waals surface area (Å²) < 4.78 is 78.7. The number of rotatable bonds is 4. The number of carbonyl (C=O) groups excluding carboxylic acids is 1. The van der Waals surface area contributed by atoms with Gasteiger partial charge in [0.25, 0.3) is 5.91 Å². The number of hydrogen-bond acceptors (Lipinski definition) is 4. The minimum Gasteiger partial charge on any atom is -0.432 e. The molecule has 0 bridgehead atoms. The fraction of sp³-hybridized carbons (Fsp3) is 0.318. The molecule has 0 unspecified atom stereocenters. The van der Waals surface area contributed by atoms with E-state index in [1.54, 1.807) is 0 Å². The number of nitrogens with one attached hydrogen (secondary N) is 1. The average Bonchev–Trinajstić information content (AvgIpc) is 2.76. The highest BCUT2D eigenvalue weighted by molar-refractivity contribution is 6.03. The zero-order valence-corrected chi connectivity index (χ0v) is 17.5. The molecule has 34 heavy (non-hydrogen) atoms. The van der Waals surface area contributed by atoms with Crippen molar-refractivity contribution in [3.05, 3.63) is 69.8 Å². The van der Waals surface area contributed by atoms with E-state index in [0.29, 0.717) is 24.1 Å². The molecule has 2 aromatic heterocycles. The first kappa shape index (κ1) is 25.1. The zero-order chi connectivity index (χ0) is 25.0. The number of fused-ring (bicyclic) bond motifs is 1. The summed E-state index contributed by atoms with van der Waals surface area (Å²) in [5.74, 6) is -7.30. The number of benzene rings is 1. The van der Waals surface area contributed by atoms with Gasteiger partial charge in [0, 0.05) is 36.7 Å². The van der Waals surface area contributed by atoms with Gasteiger partial charge >= 0.3 is 6.61 Å². The summed E-state index contributed by atoms with van der Waals surface area (Å²) in [5, 5.41) is 0.0984. The molecule has 1 amide bonds. The van der Waals surface area contributed by atoms with Gasteiger partial charge in [0.05, 0.1) is 10.9 Å². The number of nitrogens with zero attached hydrogens (tertiary/aromatic N) is 1. The van der Waals surface area contributed by atoms with Crippen LogP contribution in [0.15, 0.2) is 41.3 Å². The molecule has 1 aliphatic rings. The summed E-state index contributed by atoms with van der Waals surface area (Å²) in [6.07, 6.45) is 1.99. The summed E-state index contributed by atoms with van der Waals surface area (Å²) in [7, 11) is 0. The molecule has 3 N–H and O–H groups in total. The molecule has 2 heterocycles. The van der Waals surface area contributed by atoms with E-state index < -0.39 is 47.2 Å². The monoisotopic (exact) mass is 487 g/mol. The van der Waals surface area contributed by atoms with E-state index in [-0.39, 0.29) is 23.9 Å². The quantitative estimate of drug-likeness (QED) is 0.513. The van der Waals surface area contributed by atoms with Gasteiger partial charge in [-0.2, -0.15) is 13.2 Å². The van der Waals surface area contributed by atoms with Gasteiger partial charge in [0.1, 0.15) is 5.69 Å². The Morgan fingerprint density at radius 2 is 1.97 bits per heavy atom. The van der Waals surface area contributed by atoms with Crippen LogP contribution in [-0.2, 0) is 0 Å². The normalized spacial score (nSPS) is 17.2. The van der Waals surface area contributed by atoms with Crippen molar-refractivity contribution in [2.24, 2.45) is 5.73 Å². The fourth-order valence-corrected chi connectivity index (χ4v) is 3.74. The van der Waals surface area contributed by atoms with Crippen LogP contribution in [0.4, 0.5) is 26.3 Å². The lowest BCUT2D eigenvalue weighted by Crippen LogP contribution is -2.26. The maximum atomic E-state index is 13.6. The van der Waals surface area contributed by atoms with Gasteiger partial charge in [-0.1, -0.05) is 6.07 Å². The third kappa shape index (κ3) is 5.86. The predicted molar refractivity (Wildman–Crippen MR) is 110 cm³/mol. The molecule has 6 nitrogen and oxygen atoms in total. The molecule has 0 radical (unpaired) electrons. The number of amides is 1. The average molecular weight is 487 g/mol. The molecule has 1 aliphatic carbocycles. The number of aromatic amines is 1. The van der Waals surface area contributed by atoms with E-state index in [1.165, 1.54) is 18.3 Å². The molecule has 1 fully saturated rings. The highest BCUT2D eigenvalue weighted by atomic mass is 19.3. The second-order valence-electron chi connectivity index (χ2n) is 7.61. The number of halogens is 6. The summed E-state index contributed by atoms with van der Waals surface area (Å²) in [6, 6.07) is 5.63. The lowest BCUT2D eigenvalue weighted by molar-refractivity contribution is -0.0525. The summed E-state index contributed by atoms with van der Waals surface area (Å²) in [4.78, 5) is 30.4. The number of H-pyrrole nitrogens is 1. The van der Waals surface area contributed by atoms with Crippen LogP contribution in [0.3, 0.4) is 0 Å². The van der Waals surface area contributed by atoms with Crippen molar-refractivity contribution in [3.8, 4) is 5.75 Å². The highest BCUT2D eigenvalue weighted by Gasteiger charge is 2.37. The van der Waals surface area contributed by atoms with Crippen molar-refractivity contribution < 1.29 is 35.9 Å². The van der Waals surface area contributed by atoms with Crippen LogP contribution in [0, 0.1) is 11.6 Å². The van der Waals surface area contributed by atoms with E-state index in [1.807, 2.05) is 0 Å². The van der Waals surface area contributed by atoms with Gasteiger partial charge in [-0.15, -0.1) is 0 Å². The van der Waals surface area contributed by atoms with Crippen molar-refractivity contribution in [2.45, 2.75) is 44.1 Å². The number of carbonyl (C=O) groups is 1. The fourth-order valence-electron chi connectivity index (χ4n) is 3.74. The number of primary amides is 1. The van der Waals surface area contributed by atoms with Crippen molar-refractivity contribution >= 4 is 16.8 Å². The molecular weight excluding hydrogens is 468 g/mol. The highest BCUT2D eigenvalue weighted by Crippen LogP contribution is 2.41. The first-order chi connectivity index (χ1) is 16.0. The molecular formula is C22H19F6N3O3. The van der Waals surface area contributed by atoms with Crippen molar-refractivity contribution in [2.75, 3.05) is 0 Å². The number of nitrogens with two attached hydrogens (primary N) is 1. The maximum absolute atomic E-state index is 13.6. The lowest BCUT2D eigenvalue weighted by atomic mass is 9.84. The first-order valence-electron chi connectivity index (χ1n) is 10.1. The topological polar surface area (TPSA) is 98.1 Å². The van der Waals surface area contributed by atoms with Gasteiger partial charge in [0.2, 0.25) is 11.7 Å². The Balaban J connectivity index is 0.000000229. The Kier molecular flexibility index (Phi) is 7.48. The van der Waals surface area contributed by atoms with E-state index in [0.717, 1.165) is 18.2 Å². The van der Waals surface area contributed by atoms with Crippen molar-refractivity contribution in [3.63, 3.8) is 0 Å².